The molecule has 162 valence electrons. The predicted molar refractivity (Wildman–Crippen MR) is 118 cm³/mol. The molecule has 0 radical (unpaired) electrons. The summed E-state index contributed by atoms with van der Waals surface area (Å²) in [6.07, 6.45) is 7.97. The molecule has 1 N–H and O–H groups in total. The number of likely N-dealkylation sites (tertiary alicyclic amines) is 1. The van der Waals surface area contributed by atoms with Gasteiger partial charge in [0.2, 0.25) is 0 Å². The molecular weight excluding hydrogens is 381 g/mol. The Labute approximate surface area is 177 Å². The van der Waals surface area contributed by atoms with Gasteiger partial charge in [0.1, 0.15) is 6.17 Å². The molecule has 1 saturated carbocycles. The molecule has 1 aromatic carbocycles. The Bertz CT molecular complexity index is 915. The summed E-state index contributed by atoms with van der Waals surface area (Å²) in [5, 5.41) is 4.91. The Hall–Kier alpha value is -2.08. The van der Waals surface area contributed by atoms with Crippen molar-refractivity contribution >= 4 is 16.6 Å². The largest absolute Gasteiger partial charge is 0.493 e. The number of nitrogens with zero attached hydrogens (tertiary/aromatic N) is 2. The van der Waals surface area contributed by atoms with Crippen LogP contribution in [0.1, 0.15) is 49.8 Å². The molecule has 0 amide bonds. The van der Waals surface area contributed by atoms with Crippen LogP contribution in [0.15, 0.2) is 12.1 Å². The molecule has 3 aliphatic rings. The molecule has 5 rings (SSSR count). The van der Waals surface area contributed by atoms with Gasteiger partial charge in [-0.25, -0.2) is 4.39 Å². The second-order valence-corrected chi connectivity index (χ2v) is 8.95. The summed E-state index contributed by atoms with van der Waals surface area (Å²) in [5.74, 6) is 1.50. The summed E-state index contributed by atoms with van der Waals surface area (Å²) in [4.78, 5) is 7.19. The van der Waals surface area contributed by atoms with Gasteiger partial charge in [-0.05, 0) is 63.0 Å². The predicted octanol–water partition coefficient (Wildman–Crippen LogP) is 4.51. The van der Waals surface area contributed by atoms with Gasteiger partial charge in [0.15, 0.2) is 11.5 Å². The number of rotatable bonds is 8. The van der Waals surface area contributed by atoms with Crippen LogP contribution in [0.5, 0.6) is 11.5 Å². The van der Waals surface area contributed by atoms with Gasteiger partial charge >= 0.3 is 0 Å². The normalized spacial score (nSPS) is 21.6. The fraction of sp³-hybridized carbons (Fsp3) is 0.625. The molecule has 2 aromatic rings. The molecule has 5 nitrogen and oxygen atoms in total. The van der Waals surface area contributed by atoms with Gasteiger partial charge in [-0.3, -0.25) is 4.98 Å². The Balaban J connectivity index is 1.37. The first-order valence-corrected chi connectivity index (χ1v) is 11.5. The number of hydrogen-bond acceptors (Lipinski definition) is 5. The zero-order valence-corrected chi connectivity index (χ0v) is 17.9. The minimum absolute atomic E-state index is 0.561. The van der Waals surface area contributed by atoms with Gasteiger partial charge in [0.05, 0.1) is 19.2 Å². The average molecular weight is 414 g/mol. The number of ether oxygens (including phenoxy) is 2. The third kappa shape index (κ3) is 4.20. The standard InChI is InChI=1S/C24H32FN3O2/c1-29-22-13-19-21(14-23(22)30-12-4-10-28-11-9-16(25)15-28)27-20-6-3-2-5-18(20)24(19)26-17-7-8-17/h13-14,16-17H,2-12,15H2,1H3,(H,26,27)/t16-/m1/s1. The minimum atomic E-state index is -0.665. The number of methoxy groups -OCH3 is 1. The second-order valence-electron chi connectivity index (χ2n) is 8.95. The van der Waals surface area contributed by atoms with Crippen LogP contribution in [-0.4, -0.2) is 55.4 Å². The van der Waals surface area contributed by atoms with Crippen molar-refractivity contribution in [2.45, 2.75) is 63.6 Å². The molecule has 2 fully saturated rings. The number of nitrogens with one attached hydrogen (secondary N) is 1. The van der Waals surface area contributed by atoms with Crippen LogP contribution < -0.4 is 14.8 Å². The molecule has 6 heteroatoms. The molecule has 2 heterocycles. The van der Waals surface area contributed by atoms with E-state index in [9.17, 15) is 4.39 Å². The first-order chi connectivity index (χ1) is 14.7. The van der Waals surface area contributed by atoms with E-state index < -0.39 is 6.17 Å². The highest BCUT2D eigenvalue weighted by atomic mass is 19.1. The highest BCUT2D eigenvalue weighted by molar-refractivity contribution is 5.96. The summed E-state index contributed by atoms with van der Waals surface area (Å²) in [7, 11) is 1.69. The molecule has 1 atom stereocenters. The Morgan fingerprint density at radius 3 is 2.80 bits per heavy atom. The zero-order valence-electron chi connectivity index (χ0n) is 17.9. The Morgan fingerprint density at radius 2 is 2.03 bits per heavy atom. The van der Waals surface area contributed by atoms with E-state index in [1.165, 1.54) is 42.6 Å². The van der Waals surface area contributed by atoms with Crippen LogP contribution in [-0.2, 0) is 12.8 Å². The lowest BCUT2D eigenvalue weighted by Crippen LogP contribution is -2.23. The van der Waals surface area contributed by atoms with Gasteiger partial charge in [-0.15, -0.1) is 0 Å². The fourth-order valence-corrected chi connectivity index (χ4v) is 4.76. The van der Waals surface area contributed by atoms with Crippen molar-refractivity contribution in [3.8, 4) is 11.5 Å². The van der Waals surface area contributed by atoms with Crippen molar-refractivity contribution in [2.75, 3.05) is 38.7 Å². The van der Waals surface area contributed by atoms with Gasteiger partial charge in [-0.1, -0.05) is 0 Å². The minimum Gasteiger partial charge on any atom is -0.493 e. The molecule has 0 unspecified atom stereocenters. The number of fused-ring (bicyclic) bond motifs is 2. The van der Waals surface area contributed by atoms with Crippen molar-refractivity contribution in [3.05, 3.63) is 23.4 Å². The van der Waals surface area contributed by atoms with E-state index in [1.807, 2.05) is 6.07 Å². The topological polar surface area (TPSA) is 46.6 Å². The summed E-state index contributed by atoms with van der Waals surface area (Å²) in [5.41, 5.74) is 4.88. The molecule has 1 saturated heterocycles. The summed E-state index contributed by atoms with van der Waals surface area (Å²) in [6.45, 7) is 2.88. The number of halogens is 1. The Kier molecular flexibility index (Phi) is 5.68. The highest BCUT2D eigenvalue weighted by Gasteiger charge is 2.26. The number of aryl methyl sites for hydroxylation is 1. The van der Waals surface area contributed by atoms with Crippen LogP contribution in [0.25, 0.3) is 10.9 Å². The number of benzene rings is 1. The lowest BCUT2D eigenvalue weighted by molar-refractivity contribution is 0.243. The maximum atomic E-state index is 13.3. The van der Waals surface area contributed by atoms with Crippen molar-refractivity contribution < 1.29 is 13.9 Å². The van der Waals surface area contributed by atoms with E-state index in [0.29, 0.717) is 25.6 Å². The third-order valence-corrected chi connectivity index (χ3v) is 6.56. The first-order valence-electron chi connectivity index (χ1n) is 11.5. The number of anilines is 1. The maximum Gasteiger partial charge on any atom is 0.163 e. The van der Waals surface area contributed by atoms with Crippen molar-refractivity contribution in [1.29, 1.82) is 0 Å². The lowest BCUT2D eigenvalue weighted by Gasteiger charge is -2.22. The van der Waals surface area contributed by atoms with Crippen LogP contribution >= 0.6 is 0 Å². The molecule has 0 bridgehead atoms. The summed E-state index contributed by atoms with van der Waals surface area (Å²) >= 11 is 0. The molecule has 0 spiro atoms. The van der Waals surface area contributed by atoms with Gasteiger partial charge < -0.3 is 19.7 Å². The van der Waals surface area contributed by atoms with E-state index >= 15 is 0 Å². The van der Waals surface area contributed by atoms with E-state index in [0.717, 1.165) is 54.8 Å². The summed E-state index contributed by atoms with van der Waals surface area (Å²) in [6, 6.07) is 4.72. The molecular formula is C24H32FN3O2. The van der Waals surface area contributed by atoms with Gasteiger partial charge in [-0.2, -0.15) is 0 Å². The van der Waals surface area contributed by atoms with E-state index in [4.69, 9.17) is 14.5 Å². The van der Waals surface area contributed by atoms with Crippen molar-refractivity contribution in [3.63, 3.8) is 0 Å². The second kappa shape index (κ2) is 8.58. The van der Waals surface area contributed by atoms with Gasteiger partial charge in [0, 0.05) is 48.5 Å². The smallest absolute Gasteiger partial charge is 0.163 e. The summed E-state index contributed by atoms with van der Waals surface area (Å²) < 4.78 is 25.1. The van der Waals surface area contributed by atoms with E-state index in [1.54, 1.807) is 7.11 Å². The van der Waals surface area contributed by atoms with Gasteiger partial charge in [0.25, 0.3) is 0 Å². The lowest BCUT2D eigenvalue weighted by atomic mass is 9.92. The average Bonchev–Trinajstić information content (AvgIpc) is 3.49. The SMILES string of the molecule is COc1cc2c(NC3CC3)c3c(nc2cc1OCCCN1CC[C@@H](F)C1)CCCC3. The van der Waals surface area contributed by atoms with Crippen LogP contribution in [0, 0.1) is 0 Å². The fourth-order valence-electron chi connectivity index (χ4n) is 4.76. The molecule has 1 aromatic heterocycles. The number of aromatic nitrogens is 1. The molecule has 2 aliphatic carbocycles. The van der Waals surface area contributed by atoms with Crippen molar-refractivity contribution in [1.82, 2.24) is 9.88 Å². The van der Waals surface area contributed by atoms with Crippen LogP contribution in [0.2, 0.25) is 0 Å². The van der Waals surface area contributed by atoms with Crippen LogP contribution in [0.4, 0.5) is 10.1 Å². The number of alkyl halides is 1. The van der Waals surface area contributed by atoms with E-state index in [-0.39, 0.29) is 0 Å². The third-order valence-electron chi connectivity index (χ3n) is 6.56. The molecule has 30 heavy (non-hydrogen) atoms. The number of hydrogen-bond donors (Lipinski definition) is 1. The molecule has 1 aliphatic heterocycles. The van der Waals surface area contributed by atoms with E-state index in [2.05, 4.69) is 16.3 Å². The van der Waals surface area contributed by atoms with Crippen LogP contribution in [0.3, 0.4) is 0 Å². The Morgan fingerprint density at radius 1 is 1.17 bits per heavy atom. The van der Waals surface area contributed by atoms with Crippen molar-refractivity contribution in [2.24, 2.45) is 0 Å². The maximum absolute atomic E-state index is 13.3. The monoisotopic (exact) mass is 413 g/mol. The highest BCUT2D eigenvalue weighted by Crippen LogP contribution is 2.41. The quantitative estimate of drug-likeness (QED) is 0.645. The zero-order chi connectivity index (χ0) is 20.5. The first kappa shape index (κ1) is 19.9. The number of pyridine rings is 1.